The number of rotatable bonds is 1. The van der Waals surface area contributed by atoms with Gasteiger partial charge in [0.05, 0.1) is 0 Å². The Morgan fingerprint density at radius 2 is 1.67 bits per heavy atom. The zero-order valence-corrected chi connectivity index (χ0v) is 9.53. The third-order valence-corrected chi connectivity index (χ3v) is 2.67. The molecule has 0 N–H and O–H groups in total. The molecule has 0 fully saturated rings. The predicted molar refractivity (Wildman–Crippen MR) is 63.4 cm³/mol. The van der Waals surface area contributed by atoms with Gasteiger partial charge in [-0.3, -0.25) is 4.79 Å². The van der Waals surface area contributed by atoms with E-state index in [2.05, 4.69) is 0 Å². The Hall–Kier alpha value is -2.04. The van der Waals surface area contributed by atoms with Gasteiger partial charge in [0.2, 0.25) is 0 Å². The first kappa shape index (κ1) is 12.4. The first-order valence-corrected chi connectivity index (χ1v) is 5.23. The van der Waals surface area contributed by atoms with Gasteiger partial charge in [-0.05, 0) is 22.9 Å². The minimum Gasteiger partial charge on any atom is -0.308 e. The molecule has 0 aliphatic heterocycles. The van der Waals surface area contributed by atoms with E-state index in [4.69, 9.17) is 0 Å². The number of carbonyl (C=O) groups is 1. The van der Waals surface area contributed by atoms with Crippen molar-refractivity contribution in [1.82, 2.24) is 0 Å². The van der Waals surface area contributed by atoms with Crippen molar-refractivity contribution in [3.63, 3.8) is 0 Å². The number of halogens is 3. The molecule has 2 aromatic carbocycles. The fourth-order valence-corrected chi connectivity index (χ4v) is 1.69. The van der Waals surface area contributed by atoms with E-state index in [1.165, 1.54) is 6.07 Å². The standard InChI is InChI=1S/C13H10F3NO/c1-17(12(18)13(14,15)16)11-7-6-9-4-2-3-5-10(9)8-11/h2-8H,1H3. The number of fused-ring (bicyclic) bond motifs is 1. The van der Waals surface area contributed by atoms with Crippen molar-refractivity contribution in [2.45, 2.75) is 6.18 Å². The van der Waals surface area contributed by atoms with Crippen molar-refractivity contribution in [2.75, 3.05) is 11.9 Å². The molecule has 0 saturated heterocycles. The van der Waals surface area contributed by atoms with Gasteiger partial charge >= 0.3 is 12.1 Å². The van der Waals surface area contributed by atoms with Crippen LogP contribution in [0.25, 0.3) is 10.8 Å². The van der Waals surface area contributed by atoms with E-state index in [-0.39, 0.29) is 5.69 Å². The molecule has 0 saturated carbocycles. The van der Waals surface area contributed by atoms with E-state index in [0.29, 0.717) is 4.90 Å². The normalized spacial score (nSPS) is 11.6. The fraction of sp³-hybridized carbons (Fsp3) is 0.154. The molecule has 1 amide bonds. The van der Waals surface area contributed by atoms with Crippen LogP contribution in [0.15, 0.2) is 42.5 Å². The third-order valence-electron chi connectivity index (χ3n) is 2.67. The van der Waals surface area contributed by atoms with Gasteiger partial charge in [-0.1, -0.05) is 30.3 Å². The zero-order valence-electron chi connectivity index (χ0n) is 9.53. The molecule has 0 atom stereocenters. The van der Waals surface area contributed by atoms with Crippen LogP contribution in [0.3, 0.4) is 0 Å². The number of anilines is 1. The number of amides is 1. The molecule has 2 nitrogen and oxygen atoms in total. The molecule has 0 bridgehead atoms. The van der Waals surface area contributed by atoms with Crippen molar-refractivity contribution >= 4 is 22.4 Å². The van der Waals surface area contributed by atoms with Gasteiger partial charge in [0.1, 0.15) is 0 Å². The Morgan fingerprint density at radius 3 is 2.28 bits per heavy atom. The highest BCUT2D eigenvalue weighted by molar-refractivity contribution is 5.98. The van der Waals surface area contributed by atoms with Gasteiger partial charge in [-0.25, -0.2) is 0 Å². The summed E-state index contributed by atoms with van der Waals surface area (Å²) in [6.07, 6.45) is -4.86. The summed E-state index contributed by atoms with van der Waals surface area (Å²) in [7, 11) is 1.11. The summed E-state index contributed by atoms with van der Waals surface area (Å²) in [6.45, 7) is 0. The second-order valence-corrected chi connectivity index (χ2v) is 3.89. The van der Waals surface area contributed by atoms with E-state index < -0.39 is 12.1 Å². The highest BCUT2D eigenvalue weighted by Gasteiger charge is 2.41. The van der Waals surface area contributed by atoms with Gasteiger partial charge < -0.3 is 4.90 Å². The molecule has 0 heterocycles. The molecule has 2 aromatic rings. The molecular weight excluding hydrogens is 243 g/mol. The van der Waals surface area contributed by atoms with Crippen LogP contribution in [0.5, 0.6) is 0 Å². The smallest absolute Gasteiger partial charge is 0.308 e. The second-order valence-electron chi connectivity index (χ2n) is 3.89. The van der Waals surface area contributed by atoms with Crippen LogP contribution in [-0.2, 0) is 4.79 Å². The van der Waals surface area contributed by atoms with Gasteiger partial charge in [0, 0.05) is 12.7 Å². The minimum atomic E-state index is -4.86. The average molecular weight is 253 g/mol. The van der Waals surface area contributed by atoms with Crippen molar-refractivity contribution in [2.24, 2.45) is 0 Å². The van der Waals surface area contributed by atoms with Crippen molar-refractivity contribution in [3.8, 4) is 0 Å². The number of nitrogens with zero attached hydrogens (tertiary/aromatic N) is 1. The Labute approximate surface area is 102 Å². The largest absolute Gasteiger partial charge is 0.471 e. The molecule has 0 unspecified atom stereocenters. The van der Waals surface area contributed by atoms with E-state index in [1.807, 2.05) is 12.1 Å². The van der Waals surface area contributed by atoms with Gasteiger partial charge in [0.15, 0.2) is 0 Å². The Balaban J connectivity index is 2.39. The summed E-state index contributed by atoms with van der Waals surface area (Å²) in [6, 6.07) is 12.0. The summed E-state index contributed by atoms with van der Waals surface area (Å²) < 4.78 is 36.9. The molecule has 0 radical (unpaired) electrons. The summed E-state index contributed by atoms with van der Waals surface area (Å²) in [5.41, 5.74) is 0.219. The van der Waals surface area contributed by atoms with Crippen molar-refractivity contribution < 1.29 is 18.0 Å². The van der Waals surface area contributed by atoms with Crippen molar-refractivity contribution in [1.29, 1.82) is 0 Å². The maximum Gasteiger partial charge on any atom is 0.471 e. The molecule has 94 valence electrons. The maximum atomic E-state index is 12.3. The van der Waals surface area contributed by atoms with Crippen LogP contribution in [-0.4, -0.2) is 19.1 Å². The topological polar surface area (TPSA) is 20.3 Å². The first-order chi connectivity index (χ1) is 8.39. The maximum absolute atomic E-state index is 12.3. The van der Waals surface area contributed by atoms with Crippen LogP contribution in [0, 0.1) is 0 Å². The quantitative estimate of drug-likeness (QED) is 0.763. The Bertz CT molecular complexity index is 592. The summed E-state index contributed by atoms with van der Waals surface area (Å²) in [5.74, 6) is -1.88. The van der Waals surface area contributed by atoms with E-state index >= 15 is 0 Å². The van der Waals surface area contributed by atoms with Crippen LogP contribution >= 0.6 is 0 Å². The van der Waals surface area contributed by atoms with Crippen LogP contribution in [0.4, 0.5) is 18.9 Å². The number of alkyl halides is 3. The van der Waals surface area contributed by atoms with E-state index in [9.17, 15) is 18.0 Å². The summed E-state index contributed by atoms with van der Waals surface area (Å²) >= 11 is 0. The minimum absolute atomic E-state index is 0.219. The van der Waals surface area contributed by atoms with Crippen LogP contribution < -0.4 is 4.90 Å². The molecule has 0 spiro atoms. The lowest BCUT2D eigenvalue weighted by Crippen LogP contribution is -2.38. The number of carbonyl (C=O) groups excluding carboxylic acids is 1. The fourth-order valence-electron chi connectivity index (χ4n) is 1.69. The van der Waals surface area contributed by atoms with Gasteiger partial charge in [0.25, 0.3) is 0 Å². The van der Waals surface area contributed by atoms with Gasteiger partial charge in [-0.2, -0.15) is 13.2 Å². The second kappa shape index (κ2) is 4.33. The Morgan fingerprint density at radius 1 is 1.06 bits per heavy atom. The predicted octanol–water partition coefficient (Wildman–Crippen LogP) is 3.36. The highest BCUT2D eigenvalue weighted by atomic mass is 19.4. The average Bonchev–Trinajstić information content (AvgIpc) is 2.35. The highest BCUT2D eigenvalue weighted by Crippen LogP contribution is 2.25. The lowest BCUT2D eigenvalue weighted by atomic mass is 10.1. The van der Waals surface area contributed by atoms with Crippen LogP contribution in [0.2, 0.25) is 0 Å². The molecule has 2 rings (SSSR count). The summed E-state index contributed by atoms with van der Waals surface area (Å²) in [5, 5.41) is 1.70. The van der Waals surface area contributed by atoms with Crippen molar-refractivity contribution in [3.05, 3.63) is 42.5 Å². The Kier molecular flexibility index (Phi) is 2.98. The summed E-state index contributed by atoms with van der Waals surface area (Å²) in [4.78, 5) is 11.7. The van der Waals surface area contributed by atoms with E-state index in [1.54, 1.807) is 24.3 Å². The zero-order chi connectivity index (χ0) is 13.3. The number of hydrogen-bond acceptors (Lipinski definition) is 1. The molecule has 5 heteroatoms. The monoisotopic (exact) mass is 253 g/mol. The first-order valence-electron chi connectivity index (χ1n) is 5.23. The lowest BCUT2D eigenvalue weighted by molar-refractivity contribution is -0.170. The number of benzene rings is 2. The van der Waals surface area contributed by atoms with Crippen LogP contribution in [0.1, 0.15) is 0 Å². The van der Waals surface area contributed by atoms with Gasteiger partial charge in [-0.15, -0.1) is 0 Å². The molecule has 0 aliphatic carbocycles. The number of hydrogen-bond donors (Lipinski definition) is 0. The SMILES string of the molecule is CN(C(=O)C(F)(F)F)c1ccc2ccccc2c1. The molecule has 0 aliphatic rings. The molecule has 0 aromatic heterocycles. The lowest BCUT2D eigenvalue weighted by Gasteiger charge is -2.19. The molecular formula is C13H10F3NO. The molecule has 18 heavy (non-hydrogen) atoms. The van der Waals surface area contributed by atoms with E-state index in [0.717, 1.165) is 17.8 Å². The third kappa shape index (κ3) is 2.30.